The van der Waals surface area contributed by atoms with Gasteiger partial charge in [-0.1, -0.05) is 0 Å². The van der Waals surface area contributed by atoms with E-state index < -0.39 is 6.03 Å². The number of carbonyl (C=O) groups is 1. The molecule has 0 radical (unpaired) electrons. The van der Waals surface area contributed by atoms with Gasteiger partial charge in [0.05, 0.1) is 10.0 Å². The molecule has 0 spiro atoms. The average molecular weight is 333 g/mol. The number of nitrogens with one attached hydrogen (secondary N) is 2. The topological polar surface area (TPSA) is 98.0 Å². The minimum Gasteiger partial charge on any atom is -0.508 e. The number of benzene rings is 1. The maximum absolute atomic E-state index is 11.7. The smallest absolute Gasteiger partial charge is 0.324 e. The molecule has 20 heavy (non-hydrogen) atoms. The van der Waals surface area contributed by atoms with Crippen LogP contribution in [0.3, 0.4) is 0 Å². The van der Waals surface area contributed by atoms with Gasteiger partial charge in [0.2, 0.25) is 0 Å². The van der Waals surface area contributed by atoms with E-state index in [1.54, 1.807) is 12.1 Å². The highest BCUT2D eigenvalue weighted by molar-refractivity contribution is 9.10. The fraction of sp³-hybridized carbons (Fsp3) is 0. The quantitative estimate of drug-likeness (QED) is 0.736. The van der Waals surface area contributed by atoms with Gasteiger partial charge in [-0.2, -0.15) is 5.26 Å². The van der Waals surface area contributed by atoms with Crippen LogP contribution in [0.4, 0.5) is 16.3 Å². The van der Waals surface area contributed by atoms with Gasteiger partial charge in [0, 0.05) is 11.9 Å². The summed E-state index contributed by atoms with van der Waals surface area (Å²) in [5.41, 5.74) is 0.901. The second-order valence-electron chi connectivity index (χ2n) is 3.79. The summed E-state index contributed by atoms with van der Waals surface area (Å²) in [5.74, 6) is 0.380. The Balaban J connectivity index is 2.05. The molecule has 100 valence electrons. The first kappa shape index (κ1) is 13.8. The number of amides is 2. The zero-order valence-electron chi connectivity index (χ0n) is 10.1. The predicted octanol–water partition coefficient (Wildman–Crippen LogP) is 3.07. The molecule has 0 saturated heterocycles. The van der Waals surface area contributed by atoms with E-state index in [9.17, 15) is 4.79 Å². The van der Waals surface area contributed by atoms with Crippen LogP contribution in [0, 0.1) is 11.3 Å². The van der Waals surface area contributed by atoms with Crippen molar-refractivity contribution in [1.82, 2.24) is 4.98 Å². The van der Waals surface area contributed by atoms with Crippen molar-refractivity contribution in [3.8, 4) is 11.8 Å². The maximum atomic E-state index is 11.7. The summed E-state index contributed by atoms with van der Waals surface area (Å²) in [6.45, 7) is 0. The van der Waals surface area contributed by atoms with Crippen LogP contribution >= 0.6 is 15.9 Å². The standard InChI is InChI=1S/C13H9BrN4O2/c14-11-7-16-12(5-8(11)6-15)18-13(20)17-9-1-3-10(19)4-2-9/h1-5,7,19H,(H2,16,17,18,20). The van der Waals surface area contributed by atoms with E-state index in [1.165, 1.54) is 24.4 Å². The van der Waals surface area contributed by atoms with Crippen LogP contribution in [0.5, 0.6) is 5.75 Å². The van der Waals surface area contributed by atoms with Crippen molar-refractivity contribution < 1.29 is 9.90 Å². The van der Waals surface area contributed by atoms with Crippen molar-refractivity contribution in [3.63, 3.8) is 0 Å². The van der Waals surface area contributed by atoms with E-state index in [-0.39, 0.29) is 11.6 Å². The van der Waals surface area contributed by atoms with Crippen molar-refractivity contribution in [1.29, 1.82) is 5.26 Å². The average Bonchev–Trinajstić information content (AvgIpc) is 2.43. The number of hydrogen-bond acceptors (Lipinski definition) is 4. The summed E-state index contributed by atoms with van der Waals surface area (Å²) < 4.78 is 0.560. The molecular formula is C13H9BrN4O2. The van der Waals surface area contributed by atoms with Crippen LogP contribution < -0.4 is 10.6 Å². The molecule has 0 saturated carbocycles. The summed E-state index contributed by atoms with van der Waals surface area (Å²) in [4.78, 5) is 15.7. The summed E-state index contributed by atoms with van der Waals surface area (Å²) in [7, 11) is 0. The van der Waals surface area contributed by atoms with Crippen LogP contribution in [0.15, 0.2) is 41.0 Å². The number of nitriles is 1. The maximum Gasteiger partial charge on any atom is 0.324 e. The largest absolute Gasteiger partial charge is 0.508 e. The SMILES string of the molecule is N#Cc1cc(NC(=O)Nc2ccc(O)cc2)ncc1Br. The highest BCUT2D eigenvalue weighted by Crippen LogP contribution is 2.18. The van der Waals surface area contributed by atoms with Gasteiger partial charge < -0.3 is 10.4 Å². The minimum atomic E-state index is -0.491. The number of aromatic nitrogens is 1. The molecule has 0 aliphatic heterocycles. The molecule has 0 bridgehead atoms. The number of hydrogen-bond donors (Lipinski definition) is 3. The Bertz CT molecular complexity index is 680. The van der Waals surface area contributed by atoms with Crippen LogP contribution in [-0.4, -0.2) is 16.1 Å². The summed E-state index contributed by atoms with van der Waals surface area (Å²) >= 11 is 3.18. The first-order valence-corrected chi connectivity index (χ1v) is 6.30. The Morgan fingerprint density at radius 2 is 2.00 bits per heavy atom. The van der Waals surface area contributed by atoms with E-state index in [1.807, 2.05) is 6.07 Å². The Morgan fingerprint density at radius 3 is 2.65 bits per heavy atom. The number of rotatable bonds is 2. The monoisotopic (exact) mass is 332 g/mol. The zero-order valence-corrected chi connectivity index (χ0v) is 11.7. The minimum absolute atomic E-state index is 0.115. The van der Waals surface area contributed by atoms with E-state index in [0.29, 0.717) is 15.7 Å². The second kappa shape index (κ2) is 6.04. The number of urea groups is 1. The van der Waals surface area contributed by atoms with Crippen LogP contribution in [0.2, 0.25) is 0 Å². The molecule has 1 aromatic carbocycles. The van der Waals surface area contributed by atoms with Gasteiger partial charge in [-0.05, 0) is 46.3 Å². The lowest BCUT2D eigenvalue weighted by Gasteiger charge is -2.07. The molecular weight excluding hydrogens is 324 g/mol. The highest BCUT2D eigenvalue weighted by atomic mass is 79.9. The predicted molar refractivity (Wildman–Crippen MR) is 77.4 cm³/mol. The van der Waals surface area contributed by atoms with Gasteiger partial charge >= 0.3 is 6.03 Å². The number of carbonyl (C=O) groups excluding carboxylic acids is 1. The second-order valence-corrected chi connectivity index (χ2v) is 4.64. The lowest BCUT2D eigenvalue weighted by molar-refractivity contribution is 0.262. The van der Waals surface area contributed by atoms with Crippen LogP contribution in [0.1, 0.15) is 5.56 Å². The third kappa shape index (κ3) is 3.46. The van der Waals surface area contributed by atoms with E-state index in [0.717, 1.165) is 0 Å². The lowest BCUT2D eigenvalue weighted by Crippen LogP contribution is -2.20. The molecule has 6 nitrogen and oxygen atoms in total. The highest BCUT2D eigenvalue weighted by Gasteiger charge is 2.06. The van der Waals surface area contributed by atoms with Gasteiger partial charge in [-0.3, -0.25) is 5.32 Å². The molecule has 0 unspecified atom stereocenters. The number of halogens is 1. The van der Waals surface area contributed by atoms with Crippen molar-refractivity contribution >= 4 is 33.5 Å². The number of nitrogens with zero attached hydrogens (tertiary/aromatic N) is 2. The van der Waals surface area contributed by atoms with Crippen molar-refractivity contribution in [2.75, 3.05) is 10.6 Å². The molecule has 0 aliphatic rings. The van der Waals surface area contributed by atoms with E-state index in [4.69, 9.17) is 10.4 Å². The molecule has 1 heterocycles. The molecule has 2 aromatic rings. The van der Waals surface area contributed by atoms with Crippen LogP contribution in [0.25, 0.3) is 0 Å². The van der Waals surface area contributed by atoms with Gasteiger partial charge in [-0.15, -0.1) is 0 Å². The van der Waals surface area contributed by atoms with Crippen molar-refractivity contribution in [3.05, 3.63) is 46.6 Å². The van der Waals surface area contributed by atoms with Gasteiger partial charge in [-0.25, -0.2) is 9.78 Å². The Hall–Kier alpha value is -2.59. The molecule has 3 N–H and O–H groups in total. The van der Waals surface area contributed by atoms with Crippen LogP contribution in [-0.2, 0) is 0 Å². The fourth-order valence-electron chi connectivity index (χ4n) is 1.42. The molecule has 0 fully saturated rings. The molecule has 7 heteroatoms. The summed E-state index contributed by atoms with van der Waals surface area (Å²) in [6, 6.07) is 8.99. The fourth-order valence-corrected chi connectivity index (χ4v) is 1.72. The van der Waals surface area contributed by atoms with Crippen molar-refractivity contribution in [2.45, 2.75) is 0 Å². The number of phenolic OH excluding ortho intramolecular Hbond substituents is 1. The number of phenols is 1. The first-order valence-electron chi connectivity index (χ1n) is 5.51. The van der Waals surface area contributed by atoms with Gasteiger partial charge in [0.15, 0.2) is 0 Å². The third-order valence-electron chi connectivity index (χ3n) is 2.34. The lowest BCUT2D eigenvalue weighted by atomic mass is 10.3. The van der Waals surface area contributed by atoms with Crippen molar-refractivity contribution in [2.24, 2.45) is 0 Å². The number of pyridine rings is 1. The molecule has 2 rings (SSSR count). The summed E-state index contributed by atoms with van der Waals surface area (Å²) in [6.07, 6.45) is 1.44. The molecule has 2 amide bonds. The molecule has 1 aromatic heterocycles. The number of anilines is 2. The normalized spacial score (nSPS) is 9.60. The van der Waals surface area contributed by atoms with Gasteiger partial charge in [0.25, 0.3) is 0 Å². The van der Waals surface area contributed by atoms with Gasteiger partial charge in [0.1, 0.15) is 17.6 Å². The molecule has 0 aliphatic carbocycles. The third-order valence-corrected chi connectivity index (χ3v) is 2.97. The Morgan fingerprint density at radius 1 is 1.30 bits per heavy atom. The number of aromatic hydroxyl groups is 1. The van der Waals surface area contributed by atoms with E-state index >= 15 is 0 Å². The van der Waals surface area contributed by atoms with E-state index in [2.05, 4.69) is 31.5 Å². The summed E-state index contributed by atoms with van der Waals surface area (Å²) in [5, 5.41) is 23.1. The Labute approximate surface area is 123 Å². The Kier molecular flexibility index (Phi) is 4.17. The zero-order chi connectivity index (χ0) is 14.5. The molecule has 0 atom stereocenters. The first-order chi connectivity index (χ1) is 9.58.